The van der Waals surface area contributed by atoms with Gasteiger partial charge in [0.15, 0.2) is 0 Å². The van der Waals surface area contributed by atoms with Gasteiger partial charge in [0, 0.05) is 5.56 Å². The van der Waals surface area contributed by atoms with Gasteiger partial charge in [0.1, 0.15) is 6.29 Å². The Labute approximate surface area is 108 Å². The van der Waals surface area contributed by atoms with Crippen molar-refractivity contribution in [1.82, 2.24) is 0 Å². The Bertz CT molecular complexity index is 601. The minimum Gasteiger partial charge on any atom is -0.298 e. The molecule has 0 saturated heterocycles. The van der Waals surface area contributed by atoms with Gasteiger partial charge in [-0.15, -0.1) is 0 Å². The maximum absolute atomic E-state index is 13.1. The fourth-order valence-corrected chi connectivity index (χ4v) is 1.94. The van der Waals surface area contributed by atoms with Crippen LogP contribution in [-0.2, 0) is 6.18 Å². The molecule has 1 nitrogen and oxygen atoms in total. The van der Waals surface area contributed by atoms with E-state index in [1.807, 2.05) is 0 Å². The molecule has 0 fully saturated rings. The monoisotopic (exact) mass is 264 g/mol. The molecule has 98 valence electrons. The standard InChI is InChI=1S/C15H11F3O/c1-10-7-13(11-5-3-2-4-6-11)14(15(16,17)18)8-12(10)9-19/h2-9H,1H3. The molecule has 2 aromatic carbocycles. The molecule has 2 rings (SSSR count). The first-order chi connectivity index (χ1) is 8.93. The summed E-state index contributed by atoms with van der Waals surface area (Å²) in [4.78, 5) is 10.8. The molecule has 0 heterocycles. The van der Waals surface area contributed by atoms with Crippen molar-refractivity contribution in [2.75, 3.05) is 0 Å². The molecule has 0 radical (unpaired) electrons. The van der Waals surface area contributed by atoms with E-state index in [-0.39, 0.29) is 11.1 Å². The molecule has 0 aromatic heterocycles. The lowest BCUT2D eigenvalue weighted by atomic mass is 9.94. The number of carbonyl (C=O) groups is 1. The molecule has 0 saturated carbocycles. The molecular formula is C15H11F3O. The third kappa shape index (κ3) is 2.67. The van der Waals surface area contributed by atoms with E-state index in [0.717, 1.165) is 6.07 Å². The van der Waals surface area contributed by atoms with Gasteiger partial charge in [-0.05, 0) is 29.7 Å². The van der Waals surface area contributed by atoms with Crippen molar-refractivity contribution in [2.45, 2.75) is 13.1 Å². The minimum absolute atomic E-state index is 0.0620. The Hall–Kier alpha value is -2.10. The number of aryl methyl sites for hydroxylation is 1. The van der Waals surface area contributed by atoms with Gasteiger partial charge in [-0.1, -0.05) is 36.4 Å². The van der Waals surface area contributed by atoms with Crippen LogP contribution in [0.1, 0.15) is 21.5 Å². The van der Waals surface area contributed by atoms with Crippen LogP contribution in [0.5, 0.6) is 0 Å². The number of alkyl halides is 3. The number of rotatable bonds is 2. The highest BCUT2D eigenvalue weighted by Crippen LogP contribution is 2.38. The van der Waals surface area contributed by atoms with Crippen molar-refractivity contribution in [2.24, 2.45) is 0 Å². The summed E-state index contributed by atoms with van der Waals surface area (Å²) >= 11 is 0. The molecule has 0 unspecified atom stereocenters. The lowest BCUT2D eigenvalue weighted by Crippen LogP contribution is -2.09. The second kappa shape index (κ2) is 4.88. The second-order valence-electron chi connectivity index (χ2n) is 4.24. The van der Waals surface area contributed by atoms with Gasteiger partial charge in [0.05, 0.1) is 5.56 Å². The number of hydrogen-bond acceptors (Lipinski definition) is 1. The molecule has 0 aliphatic carbocycles. The summed E-state index contributed by atoms with van der Waals surface area (Å²) in [5.74, 6) is 0. The van der Waals surface area contributed by atoms with Gasteiger partial charge < -0.3 is 0 Å². The van der Waals surface area contributed by atoms with E-state index in [2.05, 4.69) is 0 Å². The molecule has 0 aliphatic heterocycles. The molecular weight excluding hydrogens is 253 g/mol. The zero-order valence-electron chi connectivity index (χ0n) is 10.2. The van der Waals surface area contributed by atoms with E-state index in [1.165, 1.54) is 6.07 Å². The Morgan fingerprint density at radius 1 is 1.05 bits per heavy atom. The summed E-state index contributed by atoms with van der Waals surface area (Å²) in [5.41, 5.74) is 0.381. The lowest BCUT2D eigenvalue weighted by Gasteiger charge is -2.15. The van der Waals surface area contributed by atoms with E-state index in [0.29, 0.717) is 17.4 Å². The van der Waals surface area contributed by atoms with Crippen molar-refractivity contribution in [3.05, 3.63) is 59.2 Å². The van der Waals surface area contributed by atoms with E-state index in [9.17, 15) is 18.0 Å². The highest BCUT2D eigenvalue weighted by molar-refractivity contribution is 5.81. The topological polar surface area (TPSA) is 17.1 Å². The van der Waals surface area contributed by atoms with Crippen LogP contribution >= 0.6 is 0 Å². The van der Waals surface area contributed by atoms with Crippen LogP contribution in [0.3, 0.4) is 0 Å². The lowest BCUT2D eigenvalue weighted by molar-refractivity contribution is -0.137. The summed E-state index contributed by atoms with van der Waals surface area (Å²) in [5, 5.41) is 0. The summed E-state index contributed by atoms with van der Waals surface area (Å²) in [6, 6.07) is 10.6. The van der Waals surface area contributed by atoms with Crippen LogP contribution in [0.2, 0.25) is 0 Å². The predicted octanol–water partition coefficient (Wildman–Crippen LogP) is 4.49. The molecule has 0 atom stereocenters. The molecule has 0 spiro atoms. The third-order valence-corrected chi connectivity index (χ3v) is 2.92. The zero-order chi connectivity index (χ0) is 14.0. The first kappa shape index (κ1) is 13.3. The Morgan fingerprint density at radius 3 is 2.21 bits per heavy atom. The van der Waals surface area contributed by atoms with Crippen LogP contribution in [0.4, 0.5) is 13.2 Å². The maximum Gasteiger partial charge on any atom is 0.417 e. The summed E-state index contributed by atoms with van der Waals surface area (Å²) in [6.07, 6.45) is -4.05. The van der Waals surface area contributed by atoms with Crippen LogP contribution in [0.25, 0.3) is 11.1 Å². The third-order valence-electron chi connectivity index (χ3n) is 2.92. The molecule has 0 N–H and O–H groups in total. The average molecular weight is 264 g/mol. The predicted molar refractivity (Wildman–Crippen MR) is 67.0 cm³/mol. The molecule has 0 bridgehead atoms. The number of halogens is 3. The zero-order valence-corrected chi connectivity index (χ0v) is 10.2. The molecule has 19 heavy (non-hydrogen) atoms. The van der Waals surface area contributed by atoms with E-state index in [4.69, 9.17) is 0 Å². The summed E-state index contributed by atoms with van der Waals surface area (Å²) in [6.45, 7) is 1.62. The normalized spacial score (nSPS) is 11.4. The summed E-state index contributed by atoms with van der Waals surface area (Å²) < 4.78 is 39.2. The molecule has 2 aromatic rings. The van der Waals surface area contributed by atoms with E-state index >= 15 is 0 Å². The average Bonchev–Trinajstić information content (AvgIpc) is 2.38. The van der Waals surface area contributed by atoms with Crippen LogP contribution in [-0.4, -0.2) is 6.29 Å². The van der Waals surface area contributed by atoms with Crippen LogP contribution in [0, 0.1) is 6.92 Å². The fraction of sp³-hybridized carbons (Fsp3) is 0.133. The van der Waals surface area contributed by atoms with Gasteiger partial charge >= 0.3 is 6.18 Å². The van der Waals surface area contributed by atoms with Crippen molar-refractivity contribution in [3.8, 4) is 11.1 Å². The van der Waals surface area contributed by atoms with Gasteiger partial charge in [-0.2, -0.15) is 13.2 Å². The van der Waals surface area contributed by atoms with Gasteiger partial charge in [-0.3, -0.25) is 4.79 Å². The quantitative estimate of drug-likeness (QED) is 0.730. The van der Waals surface area contributed by atoms with Crippen molar-refractivity contribution < 1.29 is 18.0 Å². The van der Waals surface area contributed by atoms with Crippen LogP contribution < -0.4 is 0 Å². The van der Waals surface area contributed by atoms with E-state index in [1.54, 1.807) is 37.3 Å². The van der Waals surface area contributed by atoms with Crippen molar-refractivity contribution >= 4 is 6.29 Å². The Kier molecular flexibility index (Phi) is 3.42. The highest BCUT2D eigenvalue weighted by atomic mass is 19.4. The molecule has 0 amide bonds. The molecule has 0 aliphatic rings. The number of aldehydes is 1. The first-order valence-electron chi connectivity index (χ1n) is 5.66. The fourth-order valence-electron chi connectivity index (χ4n) is 1.94. The second-order valence-corrected chi connectivity index (χ2v) is 4.24. The Morgan fingerprint density at radius 2 is 1.68 bits per heavy atom. The van der Waals surface area contributed by atoms with Crippen molar-refractivity contribution in [3.63, 3.8) is 0 Å². The maximum atomic E-state index is 13.1. The van der Waals surface area contributed by atoms with Gasteiger partial charge in [0.2, 0.25) is 0 Å². The SMILES string of the molecule is Cc1cc(-c2ccccc2)c(C(F)(F)F)cc1C=O. The van der Waals surface area contributed by atoms with Gasteiger partial charge in [-0.25, -0.2) is 0 Å². The highest BCUT2D eigenvalue weighted by Gasteiger charge is 2.34. The minimum atomic E-state index is -4.49. The number of hydrogen-bond donors (Lipinski definition) is 0. The molecule has 4 heteroatoms. The smallest absolute Gasteiger partial charge is 0.298 e. The van der Waals surface area contributed by atoms with Crippen LogP contribution in [0.15, 0.2) is 42.5 Å². The van der Waals surface area contributed by atoms with Crippen molar-refractivity contribution in [1.29, 1.82) is 0 Å². The summed E-state index contributed by atoms with van der Waals surface area (Å²) in [7, 11) is 0. The van der Waals surface area contributed by atoms with Gasteiger partial charge in [0.25, 0.3) is 0 Å². The largest absolute Gasteiger partial charge is 0.417 e. The first-order valence-corrected chi connectivity index (χ1v) is 5.66. The van der Waals surface area contributed by atoms with E-state index < -0.39 is 11.7 Å². The number of carbonyl (C=O) groups excluding carboxylic acids is 1. The number of benzene rings is 2. The Balaban J connectivity index is 2.73.